The zero-order valence-corrected chi connectivity index (χ0v) is 11.6. The third-order valence-electron chi connectivity index (χ3n) is 4.30. The van der Waals surface area contributed by atoms with Crippen LogP contribution in [0.4, 0.5) is 0 Å². The minimum atomic E-state index is -0.00645. The molecular weight excluding hydrogens is 224 g/mol. The van der Waals surface area contributed by atoms with Gasteiger partial charge in [0, 0.05) is 38.8 Å². The largest absolute Gasteiger partial charge is 0.301 e. The maximum atomic E-state index is 9.06. The topological polar surface area (TPSA) is 42.3 Å². The molecule has 2 rings (SSSR count). The molecule has 0 aromatic heterocycles. The molecule has 0 aromatic carbocycles. The van der Waals surface area contributed by atoms with Gasteiger partial charge in [0.15, 0.2) is 0 Å². The van der Waals surface area contributed by atoms with Gasteiger partial charge in [0.05, 0.1) is 6.07 Å². The van der Waals surface area contributed by atoms with Crippen LogP contribution in [0.5, 0.6) is 0 Å². The summed E-state index contributed by atoms with van der Waals surface area (Å²) in [5.74, 6) is 0. The molecule has 1 saturated carbocycles. The van der Waals surface area contributed by atoms with E-state index in [1.54, 1.807) is 0 Å². The number of hydrogen-bond donors (Lipinski definition) is 1. The molecule has 0 bridgehead atoms. The molecule has 2 fully saturated rings. The highest BCUT2D eigenvalue weighted by atomic mass is 15.3. The monoisotopic (exact) mass is 250 g/mol. The van der Waals surface area contributed by atoms with E-state index in [9.17, 15) is 0 Å². The summed E-state index contributed by atoms with van der Waals surface area (Å²) in [7, 11) is 0. The fourth-order valence-corrected chi connectivity index (χ4v) is 3.24. The van der Waals surface area contributed by atoms with Crippen molar-refractivity contribution in [1.29, 1.82) is 5.26 Å². The third-order valence-corrected chi connectivity index (χ3v) is 4.30. The standard InChI is InChI=1S/C14H26N4/c1-2-16-13(11-15)12-17-7-9-18(10-8-17)14-5-3-4-6-14/h13-14,16H,2-10,12H2,1H3. The Balaban J connectivity index is 1.71. The summed E-state index contributed by atoms with van der Waals surface area (Å²) >= 11 is 0. The Morgan fingerprint density at radius 2 is 1.89 bits per heavy atom. The fourth-order valence-electron chi connectivity index (χ4n) is 3.24. The molecule has 1 unspecified atom stereocenters. The molecule has 4 nitrogen and oxygen atoms in total. The van der Waals surface area contributed by atoms with Crippen molar-refractivity contribution < 1.29 is 0 Å². The van der Waals surface area contributed by atoms with Crippen molar-refractivity contribution in [2.24, 2.45) is 0 Å². The van der Waals surface area contributed by atoms with E-state index in [-0.39, 0.29) is 6.04 Å². The van der Waals surface area contributed by atoms with Crippen LogP contribution >= 0.6 is 0 Å². The Morgan fingerprint density at radius 1 is 1.22 bits per heavy atom. The summed E-state index contributed by atoms with van der Waals surface area (Å²) in [5, 5.41) is 12.3. The molecule has 1 heterocycles. The average Bonchev–Trinajstić information content (AvgIpc) is 2.93. The molecular formula is C14H26N4. The summed E-state index contributed by atoms with van der Waals surface area (Å²) in [4.78, 5) is 5.10. The molecule has 1 atom stereocenters. The Morgan fingerprint density at radius 3 is 2.44 bits per heavy atom. The Hall–Kier alpha value is -0.630. The fraction of sp³-hybridized carbons (Fsp3) is 0.929. The summed E-state index contributed by atoms with van der Waals surface area (Å²) in [5.41, 5.74) is 0. The Kier molecular flexibility index (Phi) is 5.43. The van der Waals surface area contributed by atoms with E-state index in [1.165, 1.54) is 38.8 Å². The lowest BCUT2D eigenvalue weighted by atomic mass is 10.1. The molecule has 0 radical (unpaired) electrons. The van der Waals surface area contributed by atoms with Gasteiger partial charge in [-0.2, -0.15) is 5.26 Å². The lowest BCUT2D eigenvalue weighted by molar-refractivity contribution is 0.0950. The Bertz CT molecular complexity index is 272. The van der Waals surface area contributed by atoms with Crippen LogP contribution in [0.3, 0.4) is 0 Å². The van der Waals surface area contributed by atoms with Crippen LogP contribution in [0.15, 0.2) is 0 Å². The number of rotatable bonds is 5. The van der Waals surface area contributed by atoms with E-state index in [1.807, 2.05) is 0 Å². The first-order valence-electron chi connectivity index (χ1n) is 7.43. The van der Waals surface area contributed by atoms with Crippen molar-refractivity contribution in [2.45, 2.75) is 44.7 Å². The van der Waals surface area contributed by atoms with Crippen molar-refractivity contribution in [3.05, 3.63) is 0 Å². The molecule has 18 heavy (non-hydrogen) atoms. The van der Waals surface area contributed by atoms with E-state index < -0.39 is 0 Å². The van der Waals surface area contributed by atoms with Crippen molar-refractivity contribution in [1.82, 2.24) is 15.1 Å². The van der Waals surface area contributed by atoms with Gasteiger partial charge in [0.1, 0.15) is 6.04 Å². The number of nitrogens with zero attached hydrogens (tertiary/aromatic N) is 3. The third kappa shape index (κ3) is 3.68. The average molecular weight is 250 g/mol. The zero-order valence-electron chi connectivity index (χ0n) is 11.6. The van der Waals surface area contributed by atoms with Gasteiger partial charge >= 0.3 is 0 Å². The second-order valence-corrected chi connectivity index (χ2v) is 5.51. The molecule has 1 saturated heterocycles. The van der Waals surface area contributed by atoms with Gasteiger partial charge in [0.25, 0.3) is 0 Å². The molecule has 102 valence electrons. The molecule has 2 aliphatic rings. The SMILES string of the molecule is CCNC(C#N)CN1CCN(C2CCCC2)CC1. The van der Waals surface area contributed by atoms with Gasteiger partial charge in [-0.25, -0.2) is 0 Å². The maximum absolute atomic E-state index is 9.06. The first-order valence-corrected chi connectivity index (χ1v) is 7.43. The number of likely N-dealkylation sites (N-methyl/N-ethyl adjacent to an activating group) is 1. The highest BCUT2D eigenvalue weighted by Gasteiger charge is 2.26. The molecule has 0 spiro atoms. The van der Waals surface area contributed by atoms with E-state index in [4.69, 9.17) is 5.26 Å². The summed E-state index contributed by atoms with van der Waals surface area (Å²) in [6, 6.07) is 3.20. The first kappa shape index (κ1) is 13.8. The van der Waals surface area contributed by atoms with E-state index in [0.29, 0.717) is 0 Å². The number of piperazine rings is 1. The second-order valence-electron chi connectivity index (χ2n) is 5.51. The highest BCUT2D eigenvalue weighted by molar-refractivity contribution is 4.93. The Labute approximate surface area is 111 Å². The summed E-state index contributed by atoms with van der Waals surface area (Å²) < 4.78 is 0. The van der Waals surface area contributed by atoms with Gasteiger partial charge < -0.3 is 5.32 Å². The van der Waals surface area contributed by atoms with Crippen LogP contribution < -0.4 is 5.32 Å². The quantitative estimate of drug-likeness (QED) is 0.792. The first-order chi connectivity index (χ1) is 8.83. The highest BCUT2D eigenvalue weighted by Crippen LogP contribution is 2.24. The predicted octanol–water partition coefficient (Wildman–Crippen LogP) is 1.05. The number of nitriles is 1. The lowest BCUT2D eigenvalue weighted by Crippen LogP contribution is -2.52. The van der Waals surface area contributed by atoms with Crippen molar-refractivity contribution >= 4 is 0 Å². The van der Waals surface area contributed by atoms with Crippen LogP contribution in [-0.2, 0) is 0 Å². The van der Waals surface area contributed by atoms with Crippen LogP contribution in [-0.4, -0.2) is 61.2 Å². The van der Waals surface area contributed by atoms with E-state index >= 15 is 0 Å². The molecule has 1 aliphatic carbocycles. The van der Waals surface area contributed by atoms with Crippen LogP contribution in [0.1, 0.15) is 32.6 Å². The van der Waals surface area contributed by atoms with Crippen LogP contribution in [0, 0.1) is 11.3 Å². The van der Waals surface area contributed by atoms with E-state index in [0.717, 1.165) is 32.2 Å². The normalized spacial score (nSPS) is 25.1. The molecule has 4 heteroatoms. The zero-order chi connectivity index (χ0) is 12.8. The van der Waals surface area contributed by atoms with Crippen LogP contribution in [0.25, 0.3) is 0 Å². The van der Waals surface area contributed by atoms with Gasteiger partial charge in [-0.1, -0.05) is 19.8 Å². The van der Waals surface area contributed by atoms with Gasteiger partial charge in [-0.05, 0) is 19.4 Å². The maximum Gasteiger partial charge on any atom is 0.108 e. The number of hydrogen-bond acceptors (Lipinski definition) is 4. The summed E-state index contributed by atoms with van der Waals surface area (Å²) in [6.07, 6.45) is 5.64. The van der Waals surface area contributed by atoms with Gasteiger partial charge in [0.2, 0.25) is 0 Å². The second kappa shape index (κ2) is 7.08. The minimum Gasteiger partial charge on any atom is -0.301 e. The summed E-state index contributed by atoms with van der Waals surface area (Å²) in [6.45, 7) is 8.44. The molecule has 1 N–H and O–H groups in total. The van der Waals surface area contributed by atoms with Gasteiger partial charge in [-0.15, -0.1) is 0 Å². The van der Waals surface area contributed by atoms with E-state index in [2.05, 4.69) is 28.1 Å². The number of nitrogens with one attached hydrogen (secondary N) is 1. The van der Waals surface area contributed by atoms with Gasteiger partial charge in [-0.3, -0.25) is 9.80 Å². The van der Waals surface area contributed by atoms with Crippen molar-refractivity contribution in [3.63, 3.8) is 0 Å². The van der Waals surface area contributed by atoms with Crippen molar-refractivity contribution in [3.8, 4) is 6.07 Å². The van der Waals surface area contributed by atoms with Crippen molar-refractivity contribution in [2.75, 3.05) is 39.3 Å². The molecule has 0 amide bonds. The predicted molar refractivity (Wildman–Crippen MR) is 73.3 cm³/mol. The molecule has 0 aromatic rings. The smallest absolute Gasteiger partial charge is 0.108 e. The minimum absolute atomic E-state index is 0.00645. The lowest BCUT2D eigenvalue weighted by Gasteiger charge is -2.38. The van der Waals surface area contributed by atoms with Crippen LogP contribution in [0.2, 0.25) is 0 Å². The molecule has 1 aliphatic heterocycles.